The number of piperidine rings is 2. The Labute approximate surface area is 171 Å². The van der Waals surface area contributed by atoms with Crippen molar-refractivity contribution >= 4 is 23.5 Å². The van der Waals surface area contributed by atoms with Crippen molar-refractivity contribution in [2.45, 2.75) is 48.9 Å². The highest BCUT2D eigenvalue weighted by atomic mass is 32.2. The van der Waals surface area contributed by atoms with Crippen LogP contribution in [0.2, 0.25) is 0 Å². The van der Waals surface area contributed by atoms with Gasteiger partial charge in [0, 0.05) is 43.5 Å². The molecule has 2 saturated heterocycles. The summed E-state index contributed by atoms with van der Waals surface area (Å²) in [6.07, 6.45) is 9.04. The first kappa shape index (κ1) is 19.2. The van der Waals surface area contributed by atoms with Gasteiger partial charge in [-0.3, -0.25) is 4.79 Å². The van der Waals surface area contributed by atoms with Gasteiger partial charge in [0.2, 0.25) is 5.91 Å². The van der Waals surface area contributed by atoms with Gasteiger partial charge < -0.3 is 9.80 Å². The number of hydrogen-bond donors (Lipinski definition) is 0. The second-order valence-electron chi connectivity index (χ2n) is 7.77. The first-order chi connectivity index (χ1) is 13.7. The fourth-order valence-electron chi connectivity index (χ4n) is 4.07. The minimum Gasteiger partial charge on any atom is -0.354 e. The molecule has 6 heteroatoms. The van der Waals surface area contributed by atoms with E-state index in [1.165, 1.54) is 12.0 Å². The molecule has 1 atom stereocenters. The van der Waals surface area contributed by atoms with Crippen LogP contribution >= 0.6 is 11.8 Å². The van der Waals surface area contributed by atoms with Gasteiger partial charge in [-0.1, -0.05) is 29.5 Å². The molecule has 2 aromatic rings. The zero-order chi connectivity index (χ0) is 19.3. The highest BCUT2D eigenvalue weighted by molar-refractivity contribution is 7.99. The molecule has 0 spiro atoms. The highest BCUT2D eigenvalue weighted by Gasteiger charge is 2.31. The van der Waals surface area contributed by atoms with E-state index in [0.717, 1.165) is 67.6 Å². The zero-order valence-electron chi connectivity index (χ0n) is 16.5. The molecule has 0 bridgehead atoms. The van der Waals surface area contributed by atoms with Gasteiger partial charge in [0.05, 0.1) is 5.92 Å². The van der Waals surface area contributed by atoms with Crippen LogP contribution in [0.3, 0.4) is 0 Å². The number of nitrogens with zero attached hydrogens (tertiary/aromatic N) is 4. The molecule has 2 aliphatic heterocycles. The van der Waals surface area contributed by atoms with Crippen LogP contribution in [0.1, 0.15) is 37.7 Å². The third kappa shape index (κ3) is 4.49. The van der Waals surface area contributed by atoms with Gasteiger partial charge in [0.15, 0.2) is 5.82 Å². The molecule has 28 heavy (non-hydrogen) atoms. The lowest BCUT2D eigenvalue weighted by molar-refractivity contribution is -0.136. The molecule has 1 aromatic carbocycles. The number of carbonyl (C=O) groups excluding carboxylic acids is 1. The second kappa shape index (κ2) is 8.95. The Hall–Kier alpha value is -2.08. The van der Waals surface area contributed by atoms with Gasteiger partial charge in [-0.05, 0) is 51.2 Å². The Balaban J connectivity index is 1.49. The van der Waals surface area contributed by atoms with Crippen LogP contribution in [0.25, 0.3) is 0 Å². The van der Waals surface area contributed by atoms with E-state index < -0.39 is 0 Å². The van der Waals surface area contributed by atoms with E-state index in [9.17, 15) is 4.79 Å². The first-order valence-corrected chi connectivity index (χ1v) is 11.1. The largest absolute Gasteiger partial charge is 0.354 e. The number of anilines is 1. The average molecular weight is 397 g/mol. The monoisotopic (exact) mass is 396 g/mol. The smallest absolute Gasteiger partial charge is 0.227 e. The summed E-state index contributed by atoms with van der Waals surface area (Å²) in [5.41, 5.74) is 1.25. The maximum Gasteiger partial charge on any atom is 0.227 e. The Morgan fingerprint density at radius 1 is 1.00 bits per heavy atom. The normalized spacial score (nSPS) is 20.2. The molecule has 0 radical (unpaired) electrons. The van der Waals surface area contributed by atoms with Gasteiger partial charge in [0.25, 0.3) is 0 Å². The van der Waals surface area contributed by atoms with Crippen molar-refractivity contribution in [3.05, 3.63) is 42.2 Å². The minimum atomic E-state index is 0.0751. The minimum absolute atomic E-state index is 0.0751. The van der Waals surface area contributed by atoms with E-state index in [1.54, 1.807) is 24.2 Å². The molecule has 0 N–H and O–H groups in total. The fourth-order valence-corrected chi connectivity index (χ4v) is 4.95. The van der Waals surface area contributed by atoms with Crippen molar-refractivity contribution in [1.82, 2.24) is 14.9 Å². The van der Waals surface area contributed by atoms with Crippen molar-refractivity contribution in [3.63, 3.8) is 0 Å². The number of aryl methyl sites for hydroxylation is 1. The third-order valence-electron chi connectivity index (χ3n) is 5.62. The summed E-state index contributed by atoms with van der Waals surface area (Å²) in [5, 5.41) is 0.914. The maximum atomic E-state index is 13.0. The number of carbonyl (C=O) groups is 1. The molecule has 2 aliphatic rings. The summed E-state index contributed by atoms with van der Waals surface area (Å²) >= 11 is 1.64. The Morgan fingerprint density at radius 3 is 2.54 bits per heavy atom. The summed E-state index contributed by atoms with van der Waals surface area (Å²) in [6.45, 7) is 5.62. The number of benzene rings is 1. The molecular formula is C22H28N4OS. The molecule has 0 unspecified atom stereocenters. The molecule has 4 rings (SSSR count). The van der Waals surface area contributed by atoms with Gasteiger partial charge in [-0.15, -0.1) is 0 Å². The standard InChI is InChI=1S/C22H28N4OS/c1-17-7-9-19(10-8-17)28-21-20(23-11-12-24-21)26-15-5-6-18(16-26)22(27)25-13-3-2-4-14-25/h7-12,18H,2-6,13-16H2,1H3/t18-/m0/s1. The van der Waals surface area contributed by atoms with E-state index in [-0.39, 0.29) is 5.92 Å². The lowest BCUT2D eigenvalue weighted by Gasteiger charge is -2.37. The zero-order valence-corrected chi connectivity index (χ0v) is 17.3. The molecule has 3 heterocycles. The molecule has 148 valence electrons. The second-order valence-corrected chi connectivity index (χ2v) is 8.83. The molecule has 0 saturated carbocycles. The number of hydrogen-bond acceptors (Lipinski definition) is 5. The van der Waals surface area contributed by atoms with Crippen LogP contribution < -0.4 is 4.90 Å². The number of aromatic nitrogens is 2. The molecule has 5 nitrogen and oxygen atoms in total. The number of likely N-dealkylation sites (tertiary alicyclic amines) is 1. The third-order valence-corrected chi connectivity index (χ3v) is 6.61. The first-order valence-electron chi connectivity index (χ1n) is 10.3. The summed E-state index contributed by atoms with van der Waals surface area (Å²) in [7, 11) is 0. The van der Waals surface area contributed by atoms with Gasteiger partial charge >= 0.3 is 0 Å². The summed E-state index contributed by atoms with van der Waals surface area (Å²) < 4.78 is 0. The van der Waals surface area contributed by atoms with Crippen molar-refractivity contribution in [2.24, 2.45) is 5.92 Å². The van der Waals surface area contributed by atoms with E-state index >= 15 is 0 Å². The predicted molar refractivity (Wildman–Crippen MR) is 113 cm³/mol. The van der Waals surface area contributed by atoms with Crippen LogP contribution in [-0.4, -0.2) is 47.0 Å². The Bertz CT molecular complexity index is 804. The summed E-state index contributed by atoms with van der Waals surface area (Å²) in [5.74, 6) is 1.32. The summed E-state index contributed by atoms with van der Waals surface area (Å²) in [4.78, 5) is 27.7. The van der Waals surface area contributed by atoms with Crippen LogP contribution in [0.4, 0.5) is 5.82 Å². The van der Waals surface area contributed by atoms with Crippen LogP contribution in [0.5, 0.6) is 0 Å². The van der Waals surface area contributed by atoms with Gasteiger partial charge in [0.1, 0.15) is 5.03 Å². The van der Waals surface area contributed by atoms with Gasteiger partial charge in [-0.2, -0.15) is 0 Å². The summed E-state index contributed by atoms with van der Waals surface area (Å²) in [6, 6.07) is 8.48. The average Bonchev–Trinajstić information content (AvgIpc) is 2.76. The van der Waals surface area contributed by atoms with Crippen molar-refractivity contribution in [1.29, 1.82) is 0 Å². The molecule has 1 amide bonds. The Morgan fingerprint density at radius 2 is 1.75 bits per heavy atom. The van der Waals surface area contributed by atoms with Gasteiger partial charge in [-0.25, -0.2) is 9.97 Å². The van der Waals surface area contributed by atoms with E-state index in [4.69, 9.17) is 0 Å². The molecule has 0 aliphatic carbocycles. The van der Waals surface area contributed by atoms with Crippen molar-refractivity contribution in [2.75, 3.05) is 31.1 Å². The molecule has 2 fully saturated rings. The van der Waals surface area contributed by atoms with Crippen molar-refractivity contribution < 1.29 is 4.79 Å². The van der Waals surface area contributed by atoms with Crippen LogP contribution in [0.15, 0.2) is 46.6 Å². The topological polar surface area (TPSA) is 49.3 Å². The fraction of sp³-hybridized carbons (Fsp3) is 0.500. The number of rotatable bonds is 4. The SMILES string of the molecule is Cc1ccc(Sc2nccnc2N2CCC[C@H](C(=O)N3CCCCC3)C2)cc1. The predicted octanol–water partition coefficient (Wildman–Crippen LogP) is 4.17. The van der Waals surface area contributed by atoms with Crippen LogP contribution in [-0.2, 0) is 4.79 Å². The molecule has 1 aromatic heterocycles. The lowest BCUT2D eigenvalue weighted by atomic mass is 9.95. The highest BCUT2D eigenvalue weighted by Crippen LogP contribution is 2.34. The van der Waals surface area contributed by atoms with E-state index in [2.05, 4.69) is 51.0 Å². The van der Waals surface area contributed by atoms with E-state index in [0.29, 0.717) is 5.91 Å². The number of amides is 1. The molecular weight excluding hydrogens is 368 g/mol. The van der Waals surface area contributed by atoms with E-state index in [1.807, 2.05) is 0 Å². The van der Waals surface area contributed by atoms with Crippen LogP contribution in [0, 0.1) is 12.8 Å². The lowest BCUT2D eigenvalue weighted by Crippen LogP contribution is -2.46. The quantitative estimate of drug-likeness (QED) is 0.776. The maximum absolute atomic E-state index is 13.0. The Kier molecular flexibility index (Phi) is 6.15. The van der Waals surface area contributed by atoms with Crippen molar-refractivity contribution in [3.8, 4) is 0 Å².